The predicted molar refractivity (Wildman–Crippen MR) is 240 cm³/mol. The first-order valence-corrected chi connectivity index (χ1v) is 21.0. The summed E-state index contributed by atoms with van der Waals surface area (Å²) >= 11 is 24.8. The van der Waals surface area contributed by atoms with Crippen LogP contribution in [0.1, 0.15) is 61.2 Å². The van der Waals surface area contributed by atoms with E-state index in [0.29, 0.717) is 66.6 Å². The molecular formula is C50H24Cl4F6N6. The van der Waals surface area contributed by atoms with Gasteiger partial charge in [-0.25, -0.2) is 24.8 Å². The first kappa shape index (κ1) is 44.4. The number of halogens is 10. The van der Waals surface area contributed by atoms with Gasteiger partial charge in [-0.2, -0.15) is 31.6 Å². The van der Waals surface area contributed by atoms with Gasteiger partial charge in [0.2, 0.25) is 0 Å². The highest BCUT2D eigenvalue weighted by atomic mass is 35.5. The summed E-state index contributed by atoms with van der Waals surface area (Å²) in [5.74, 6) is 0. The highest BCUT2D eigenvalue weighted by Gasteiger charge is 2.50. The highest BCUT2D eigenvalue weighted by molar-refractivity contribution is 6.30. The van der Waals surface area contributed by atoms with Crippen LogP contribution in [0.3, 0.4) is 0 Å². The number of pyridine rings is 4. The van der Waals surface area contributed by atoms with E-state index in [-0.39, 0.29) is 10.3 Å². The molecule has 0 unspecified atom stereocenters. The second-order valence-electron chi connectivity index (χ2n) is 15.1. The maximum absolute atomic E-state index is 13.3. The van der Waals surface area contributed by atoms with Crippen LogP contribution >= 0.6 is 46.4 Å². The van der Waals surface area contributed by atoms with E-state index in [0.717, 1.165) is 46.5 Å². The number of aromatic nitrogens is 4. The lowest BCUT2D eigenvalue weighted by Crippen LogP contribution is -2.29. The fourth-order valence-corrected chi connectivity index (χ4v) is 9.53. The van der Waals surface area contributed by atoms with Crippen LogP contribution in [-0.2, 0) is 23.2 Å². The van der Waals surface area contributed by atoms with Crippen molar-refractivity contribution < 1.29 is 26.3 Å². The van der Waals surface area contributed by atoms with Gasteiger partial charge in [-0.1, -0.05) is 131 Å². The van der Waals surface area contributed by atoms with Crippen LogP contribution in [0.25, 0.3) is 27.6 Å². The van der Waals surface area contributed by atoms with Crippen LogP contribution in [0.15, 0.2) is 146 Å². The van der Waals surface area contributed by atoms with Crippen molar-refractivity contribution in [3.63, 3.8) is 0 Å². The lowest BCUT2D eigenvalue weighted by atomic mass is 9.68. The second kappa shape index (κ2) is 16.6. The minimum atomic E-state index is -4.56. The van der Waals surface area contributed by atoms with Crippen molar-refractivity contribution in [3.05, 3.63) is 239 Å². The molecule has 10 rings (SSSR count). The molecule has 0 radical (unpaired) electrons. The average Bonchev–Trinajstić information content (AvgIpc) is 3.75. The Labute approximate surface area is 392 Å². The van der Waals surface area contributed by atoms with Crippen LogP contribution in [-0.4, -0.2) is 19.9 Å². The number of nitriles is 1. The first-order chi connectivity index (χ1) is 31.5. The van der Waals surface area contributed by atoms with Crippen molar-refractivity contribution in [1.82, 2.24) is 19.9 Å². The van der Waals surface area contributed by atoms with E-state index in [2.05, 4.69) is 30.9 Å². The maximum Gasteiger partial charge on any atom is 0.416 e. The molecule has 66 heavy (non-hydrogen) atoms. The Kier molecular flexibility index (Phi) is 11.1. The molecule has 0 spiro atoms. The zero-order chi connectivity index (χ0) is 46.8. The lowest BCUT2D eigenvalue weighted by Gasteiger charge is -2.33. The number of benzene rings is 4. The van der Waals surface area contributed by atoms with Gasteiger partial charge >= 0.3 is 12.4 Å². The molecule has 4 aromatic carbocycles. The third-order valence-electron chi connectivity index (χ3n) is 11.7. The van der Waals surface area contributed by atoms with Gasteiger partial charge < -0.3 is 0 Å². The summed E-state index contributed by atoms with van der Waals surface area (Å²) in [6.45, 7) is 7.31. The van der Waals surface area contributed by atoms with E-state index >= 15 is 0 Å². The molecule has 0 N–H and O–H groups in total. The Hall–Kier alpha value is -6.80. The summed E-state index contributed by atoms with van der Waals surface area (Å²) in [7, 11) is 0. The lowest BCUT2D eigenvalue weighted by molar-refractivity contribution is -0.138. The van der Waals surface area contributed by atoms with Crippen molar-refractivity contribution >= 4 is 52.1 Å². The smallest absolute Gasteiger partial charge is 0.238 e. The normalized spacial score (nSPS) is 13.8. The Bertz CT molecular complexity index is 3070. The van der Waals surface area contributed by atoms with Gasteiger partial charge in [-0.15, -0.1) is 0 Å². The minimum Gasteiger partial charge on any atom is -0.238 e. The molecule has 8 aromatic rings. The standard InChI is InChI=1S/C25H12Cl2F6N2.C25H12Cl2N4/c26-19-11-9-17-21(34-19)22-18(10-12-20(27)35-22)23(17,13-1-5-15(6-2-13)24(28,29)30)14-3-7-16(8-4-14)25(31,32)33;1-29-18-8-6-17(7-9-18)25(16-4-2-15(14-28)3-5-16)19-10-12-21(26)30-23(19)24-20(25)11-13-22(27)31-24/h1-12H;2-13H. The maximum atomic E-state index is 13.3. The van der Waals surface area contributed by atoms with Crippen molar-refractivity contribution in [2.75, 3.05) is 0 Å². The van der Waals surface area contributed by atoms with E-state index in [1.807, 2.05) is 36.4 Å². The summed E-state index contributed by atoms with van der Waals surface area (Å²) in [5.41, 5.74) is 4.92. The summed E-state index contributed by atoms with van der Waals surface area (Å²) in [5, 5.41) is 10.3. The molecule has 2 aliphatic rings. The molecule has 2 aliphatic carbocycles. The van der Waals surface area contributed by atoms with Crippen molar-refractivity contribution in [2.24, 2.45) is 0 Å². The molecule has 4 aromatic heterocycles. The molecule has 0 amide bonds. The second-order valence-corrected chi connectivity index (χ2v) is 16.7. The molecule has 0 bridgehead atoms. The van der Waals surface area contributed by atoms with Crippen molar-refractivity contribution in [3.8, 4) is 28.8 Å². The highest BCUT2D eigenvalue weighted by Crippen LogP contribution is 2.57. The molecular weight excluding hydrogens is 940 g/mol. The van der Waals surface area contributed by atoms with Crippen LogP contribution in [0.2, 0.25) is 20.6 Å². The van der Waals surface area contributed by atoms with E-state index in [4.69, 9.17) is 53.0 Å². The van der Waals surface area contributed by atoms with E-state index in [1.165, 1.54) is 36.4 Å². The topological polar surface area (TPSA) is 79.7 Å². The summed E-state index contributed by atoms with van der Waals surface area (Å²) in [6, 6.07) is 39.9. The number of fused-ring (bicyclic) bond motifs is 6. The van der Waals surface area contributed by atoms with Crippen molar-refractivity contribution in [1.29, 1.82) is 5.26 Å². The van der Waals surface area contributed by atoms with Crippen LogP contribution < -0.4 is 0 Å². The summed E-state index contributed by atoms with van der Waals surface area (Å²) in [4.78, 5) is 21.5. The predicted octanol–water partition coefficient (Wildman–Crippen LogP) is 14.8. The van der Waals surface area contributed by atoms with Gasteiger partial charge in [0.05, 0.1) is 62.9 Å². The molecule has 324 valence electrons. The average molecular weight is 965 g/mol. The minimum absolute atomic E-state index is 0.145. The van der Waals surface area contributed by atoms with Crippen LogP contribution in [0.4, 0.5) is 32.0 Å². The summed E-state index contributed by atoms with van der Waals surface area (Å²) in [6.07, 6.45) is -9.12. The van der Waals surface area contributed by atoms with Crippen LogP contribution in [0, 0.1) is 17.9 Å². The molecule has 6 nitrogen and oxygen atoms in total. The Morgan fingerprint density at radius 3 is 0.955 bits per heavy atom. The Balaban J connectivity index is 0.000000167. The number of hydrogen-bond acceptors (Lipinski definition) is 5. The number of rotatable bonds is 4. The van der Waals surface area contributed by atoms with Crippen LogP contribution in [0.5, 0.6) is 0 Å². The molecule has 0 atom stereocenters. The molecule has 16 heteroatoms. The molecule has 0 saturated heterocycles. The van der Waals surface area contributed by atoms with E-state index in [1.54, 1.807) is 48.5 Å². The fraction of sp³-hybridized carbons (Fsp3) is 0.0800. The molecule has 4 heterocycles. The quantitative estimate of drug-likeness (QED) is 0.0997. The molecule has 0 aliphatic heterocycles. The monoisotopic (exact) mass is 962 g/mol. The van der Waals surface area contributed by atoms with Gasteiger partial charge in [0.1, 0.15) is 20.6 Å². The first-order valence-electron chi connectivity index (χ1n) is 19.5. The third-order valence-corrected chi connectivity index (χ3v) is 12.5. The Morgan fingerprint density at radius 2 is 0.697 bits per heavy atom. The van der Waals surface area contributed by atoms with Gasteiger partial charge in [-0.05, 0) is 105 Å². The molecule has 0 saturated carbocycles. The van der Waals surface area contributed by atoms with Gasteiger partial charge in [0.15, 0.2) is 5.69 Å². The Morgan fingerprint density at radius 1 is 0.424 bits per heavy atom. The van der Waals surface area contributed by atoms with Gasteiger partial charge in [0, 0.05) is 0 Å². The zero-order valence-corrected chi connectivity index (χ0v) is 36.3. The molecule has 0 fully saturated rings. The van der Waals surface area contributed by atoms with E-state index in [9.17, 15) is 31.6 Å². The fourth-order valence-electron chi connectivity index (χ4n) is 8.94. The van der Waals surface area contributed by atoms with E-state index < -0.39 is 34.3 Å². The number of alkyl halides is 6. The summed E-state index contributed by atoms with van der Waals surface area (Å²) < 4.78 is 79.7. The number of hydrogen-bond donors (Lipinski definition) is 0. The van der Waals surface area contributed by atoms with Gasteiger partial charge in [0.25, 0.3) is 0 Å². The zero-order valence-electron chi connectivity index (χ0n) is 33.3. The number of nitrogens with zero attached hydrogens (tertiary/aromatic N) is 6. The van der Waals surface area contributed by atoms with Gasteiger partial charge in [-0.3, -0.25) is 0 Å². The largest absolute Gasteiger partial charge is 0.416 e. The SMILES string of the molecule is FC(F)(F)c1ccc(C2(c3ccc(C(F)(F)F)cc3)c3ccc(Cl)nc3-c3nc(Cl)ccc32)cc1.[C-]#[N+]c1ccc(C2(c3ccc(C#N)cc3)c3ccc(Cl)nc3-c3nc(Cl)ccc32)cc1. The third kappa shape index (κ3) is 7.31. The van der Waals surface area contributed by atoms with Crippen molar-refractivity contribution in [2.45, 2.75) is 23.2 Å².